The number of hydrogen-bond donors (Lipinski definition) is 0. The highest BCUT2D eigenvalue weighted by molar-refractivity contribution is 7.07. The second-order valence-electron chi connectivity index (χ2n) is 1.88. The van der Waals surface area contributed by atoms with Gasteiger partial charge in [-0.3, -0.25) is 0 Å². The Morgan fingerprint density at radius 1 is 1.36 bits per heavy atom. The molecule has 2 rings (SSSR count). The smallest absolute Gasteiger partial charge is 0.179 e. The minimum atomic E-state index is 0.633. The first-order chi connectivity index (χ1) is 5.47. The molecule has 0 N–H and O–H groups in total. The van der Waals surface area contributed by atoms with E-state index in [1.165, 1.54) is 11.3 Å². The van der Waals surface area contributed by atoms with Crippen LogP contribution in [0.2, 0.25) is 0 Å². The number of hydrogen-bond acceptors (Lipinski definition) is 4. The van der Waals surface area contributed by atoms with E-state index in [1.807, 2.05) is 5.38 Å². The molecule has 0 aromatic carbocycles. The van der Waals surface area contributed by atoms with E-state index in [2.05, 4.69) is 21.1 Å². The standard InChI is InChI=1S/C7H4N3S/c1-2-8-7(9-3-1)6-4-11-5-10-6/h1-2,4-5H. The normalized spacial score (nSPS) is 9.82. The highest BCUT2D eigenvalue weighted by Crippen LogP contribution is 2.11. The molecular weight excluding hydrogens is 158 g/mol. The van der Waals surface area contributed by atoms with Crippen LogP contribution in [0.25, 0.3) is 11.5 Å². The van der Waals surface area contributed by atoms with Crippen LogP contribution >= 0.6 is 11.3 Å². The Balaban J connectivity index is 2.46. The molecule has 0 bridgehead atoms. The summed E-state index contributed by atoms with van der Waals surface area (Å²) in [6.07, 6.45) is 4.36. The van der Waals surface area contributed by atoms with Crippen molar-refractivity contribution >= 4 is 11.3 Å². The van der Waals surface area contributed by atoms with Gasteiger partial charge in [-0.15, -0.1) is 11.3 Å². The molecule has 0 aliphatic carbocycles. The Labute approximate surface area is 67.8 Å². The average Bonchev–Trinajstić information content (AvgIpc) is 2.58. The predicted molar refractivity (Wildman–Crippen MR) is 42.0 cm³/mol. The molecule has 0 saturated heterocycles. The summed E-state index contributed by atoms with van der Waals surface area (Å²) < 4.78 is 0. The Bertz CT molecular complexity index is 317. The lowest BCUT2D eigenvalue weighted by atomic mass is 10.4. The van der Waals surface area contributed by atoms with Crippen LogP contribution < -0.4 is 0 Å². The van der Waals surface area contributed by atoms with Crippen molar-refractivity contribution in [3.05, 3.63) is 29.4 Å². The van der Waals surface area contributed by atoms with Crippen LogP contribution in [0, 0.1) is 6.20 Å². The fourth-order valence-electron chi connectivity index (χ4n) is 0.715. The first-order valence-electron chi connectivity index (χ1n) is 3.04. The summed E-state index contributed by atoms with van der Waals surface area (Å²) in [6, 6.07) is 1.66. The van der Waals surface area contributed by atoms with Crippen molar-refractivity contribution in [2.45, 2.75) is 0 Å². The van der Waals surface area contributed by atoms with E-state index in [1.54, 1.807) is 17.8 Å². The van der Waals surface area contributed by atoms with Crippen molar-refractivity contribution in [2.24, 2.45) is 0 Å². The molecule has 0 aliphatic rings. The van der Waals surface area contributed by atoms with E-state index in [4.69, 9.17) is 0 Å². The van der Waals surface area contributed by atoms with Crippen LogP contribution in [0.1, 0.15) is 0 Å². The van der Waals surface area contributed by atoms with Crippen LogP contribution in [0.3, 0.4) is 0 Å². The average molecular weight is 162 g/mol. The molecular formula is C7H4N3S. The lowest BCUT2D eigenvalue weighted by molar-refractivity contribution is 1.14. The van der Waals surface area contributed by atoms with Gasteiger partial charge in [0, 0.05) is 11.6 Å². The molecule has 2 aromatic heterocycles. The first-order valence-corrected chi connectivity index (χ1v) is 3.99. The van der Waals surface area contributed by atoms with Gasteiger partial charge < -0.3 is 0 Å². The molecule has 0 saturated carbocycles. The van der Waals surface area contributed by atoms with E-state index in [9.17, 15) is 0 Å². The molecule has 1 radical (unpaired) electrons. The molecule has 2 heterocycles. The van der Waals surface area contributed by atoms with Gasteiger partial charge in [0.05, 0.1) is 11.7 Å². The molecule has 53 valence electrons. The third-order valence-corrected chi connectivity index (χ3v) is 1.76. The van der Waals surface area contributed by atoms with Gasteiger partial charge in [0.1, 0.15) is 5.69 Å². The Morgan fingerprint density at radius 3 is 3.00 bits per heavy atom. The van der Waals surface area contributed by atoms with Gasteiger partial charge in [0.25, 0.3) is 0 Å². The largest absolute Gasteiger partial charge is 0.241 e. The van der Waals surface area contributed by atoms with Crippen LogP contribution in [-0.2, 0) is 0 Å². The van der Waals surface area contributed by atoms with Crippen molar-refractivity contribution in [1.29, 1.82) is 0 Å². The highest BCUT2D eigenvalue weighted by Gasteiger charge is 1.99. The summed E-state index contributed by atoms with van der Waals surface area (Å²) in [5.41, 5.74) is 2.57. The third-order valence-electron chi connectivity index (χ3n) is 1.18. The summed E-state index contributed by atoms with van der Waals surface area (Å²) in [7, 11) is 0. The summed E-state index contributed by atoms with van der Waals surface area (Å²) in [5, 5.41) is 1.91. The van der Waals surface area contributed by atoms with Crippen molar-refractivity contribution in [1.82, 2.24) is 15.0 Å². The van der Waals surface area contributed by atoms with Crippen LogP contribution in [0.4, 0.5) is 0 Å². The van der Waals surface area contributed by atoms with Crippen molar-refractivity contribution in [2.75, 3.05) is 0 Å². The van der Waals surface area contributed by atoms with Gasteiger partial charge in [-0.1, -0.05) is 0 Å². The van der Waals surface area contributed by atoms with Crippen LogP contribution in [0.5, 0.6) is 0 Å². The molecule has 0 fully saturated rings. The number of aromatic nitrogens is 3. The maximum Gasteiger partial charge on any atom is 0.179 e. The molecule has 2 aromatic rings. The fourth-order valence-corrected chi connectivity index (χ4v) is 1.25. The summed E-state index contributed by atoms with van der Waals surface area (Å²) >= 11 is 1.53. The summed E-state index contributed by atoms with van der Waals surface area (Å²) in [6.45, 7) is 0. The van der Waals surface area contributed by atoms with Crippen molar-refractivity contribution in [3.63, 3.8) is 0 Å². The van der Waals surface area contributed by atoms with Gasteiger partial charge in [-0.2, -0.15) is 0 Å². The molecule has 0 aliphatic heterocycles. The molecule has 4 heteroatoms. The lowest BCUT2D eigenvalue weighted by Crippen LogP contribution is -1.85. The summed E-state index contributed by atoms with van der Waals surface area (Å²) in [4.78, 5) is 12.0. The molecule has 0 amide bonds. The molecule has 0 spiro atoms. The Kier molecular flexibility index (Phi) is 1.61. The van der Waals surface area contributed by atoms with E-state index >= 15 is 0 Å². The SMILES string of the molecule is [c]1ccnc(-c2cscn2)n1. The first kappa shape index (κ1) is 6.42. The molecule has 0 unspecified atom stereocenters. The Hall–Kier alpha value is -1.29. The monoisotopic (exact) mass is 162 g/mol. The number of thiazole rings is 1. The number of rotatable bonds is 1. The zero-order valence-electron chi connectivity index (χ0n) is 5.56. The van der Waals surface area contributed by atoms with E-state index in [-0.39, 0.29) is 0 Å². The quantitative estimate of drug-likeness (QED) is 0.636. The van der Waals surface area contributed by atoms with Gasteiger partial charge >= 0.3 is 0 Å². The second kappa shape index (κ2) is 2.75. The van der Waals surface area contributed by atoms with Crippen molar-refractivity contribution in [3.8, 4) is 11.5 Å². The lowest BCUT2D eigenvalue weighted by Gasteiger charge is -1.89. The number of nitrogens with zero attached hydrogens (tertiary/aromatic N) is 3. The fraction of sp³-hybridized carbons (Fsp3) is 0. The zero-order valence-corrected chi connectivity index (χ0v) is 6.38. The van der Waals surface area contributed by atoms with E-state index in [0.29, 0.717) is 5.82 Å². The van der Waals surface area contributed by atoms with Gasteiger partial charge in [0.15, 0.2) is 5.82 Å². The van der Waals surface area contributed by atoms with Gasteiger partial charge in [0.2, 0.25) is 0 Å². The zero-order chi connectivity index (χ0) is 7.52. The van der Waals surface area contributed by atoms with Crippen LogP contribution in [0.15, 0.2) is 23.2 Å². The predicted octanol–water partition coefficient (Wildman–Crippen LogP) is 1.40. The summed E-state index contributed by atoms with van der Waals surface area (Å²) in [5.74, 6) is 0.633. The third kappa shape index (κ3) is 1.25. The minimum absolute atomic E-state index is 0.633. The topological polar surface area (TPSA) is 38.7 Å². The highest BCUT2D eigenvalue weighted by atomic mass is 32.1. The molecule has 0 atom stereocenters. The Morgan fingerprint density at radius 2 is 2.36 bits per heavy atom. The molecule has 3 nitrogen and oxygen atoms in total. The van der Waals surface area contributed by atoms with E-state index < -0.39 is 0 Å². The van der Waals surface area contributed by atoms with Gasteiger partial charge in [-0.05, 0) is 6.07 Å². The second-order valence-corrected chi connectivity index (χ2v) is 2.60. The molecule has 11 heavy (non-hydrogen) atoms. The van der Waals surface area contributed by atoms with Crippen LogP contribution in [-0.4, -0.2) is 15.0 Å². The maximum atomic E-state index is 4.06. The van der Waals surface area contributed by atoms with Crippen molar-refractivity contribution < 1.29 is 0 Å². The van der Waals surface area contributed by atoms with Gasteiger partial charge in [-0.25, -0.2) is 15.0 Å². The minimum Gasteiger partial charge on any atom is -0.241 e. The maximum absolute atomic E-state index is 4.06. The van der Waals surface area contributed by atoms with E-state index in [0.717, 1.165) is 5.69 Å².